The molecule has 0 bridgehead atoms. The molecular formula is C29H39FN4O3. The molecule has 1 saturated heterocycles. The number of morpholine rings is 1. The van der Waals surface area contributed by atoms with Crippen molar-refractivity contribution in [2.24, 2.45) is 5.73 Å². The molecule has 3 aliphatic rings. The molecule has 2 aliphatic heterocycles. The van der Waals surface area contributed by atoms with Crippen LogP contribution in [0.3, 0.4) is 0 Å². The molecule has 0 saturated carbocycles. The number of nitrogens with zero attached hydrogens (tertiary/aromatic N) is 1. The predicted octanol–water partition coefficient (Wildman–Crippen LogP) is 3.92. The summed E-state index contributed by atoms with van der Waals surface area (Å²) in [4.78, 5) is 28.8. The van der Waals surface area contributed by atoms with Crippen LogP contribution in [0.25, 0.3) is 5.57 Å². The zero-order valence-electron chi connectivity index (χ0n) is 22.2. The van der Waals surface area contributed by atoms with Crippen LogP contribution in [0.2, 0.25) is 0 Å². The number of nitrogens with two attached hydrogens (primary N) is 1. The number of benzene rings is 1. The van der Waals surface area contributed by atoms with Crippen molar-refractivity contribution in [3.05, 3.63) is 57.4 Å². The molecule has 1 unspecified atom stereocenters. The van der Waals surface area contributed by atoms with E-state index in [1.807, 2.05) is 13.8 Å². The van der Waals surface area contributed by atoms with Crippen LogP contribution < -0.4 is 16.4 Å². The van der Waals surface area contributed by atoms with Crippen LogP contribution >= 0.6 is 0 Å². The van der Waals surface area contributed by atoms with E-state index in [0.29, 0.717) is 55.1 Å². The van der Waals surface area contributed by atoms with Crippen LogP contribution in [-0.2, 0) is 14.3 Å². The van der Waals surface area contributed by atoms with Crippen LogP contribution in [0.5, 0.6) is 0 Å². The van der Waals surface area contributed by atoms with Gasteiger partial charge < -0.3 is 21.1 Å². The molecular weight excluding hydrogens is 471 g/mol. The number of fused-ring (bicyclic) bond motifs is 1. The summed E-state index contributed by atoms with van der Waals surface area (Å²) >= 11 is 0. The van der Waals surface area contributed by atoms with Gasteiger partial charge in [0.05, 0.1) is 18.8 Å². The summed E-state index contributed by atoms with van der Waals surface area (Å²) in [5, 5.41) is 5.95. The third-order valence-corrected chi connectivity index (χ3v) is 7.49. The van der Waals surface area contributed by atoms with Gasteiger partial charge in [-0.2, -0.15) is 0 Å². The number of hydrogen-bond acceptors (Lipinski definition) is 5. The number of hydrogen-bond donors (Lipinski definition) is 3. The summed E-state index contributed by atoms with van der Waals surface area (Å²) in [7, 11) is 0. The Morgan fingerprint density at radius 3 is 2.76 bits per heavy atom. The Bertz CT molecular complexity index is 1150. The number of ether oxygens (including phenoxy) is 1. The Kier molecular flexibility index (Phi) is 8.95. The second kappa shape index (κ2) is 12.2. The first-order valence-electron chi connectivity index (χ1n) is 13.4. The van der Waals surface area contributed by atoms with Gasteiger partial charge in [0.1, 0.15) is 5.82 Å². The molecule has 4 rings (SSSR count). The van der Waals surface area contributed by atoms with Crippen molar-refractivity contribution in [1.29, 1.82) is 0 Å². The lowest BCUT2D eigenvalue weighted by molar-refractivity contribution is -0.117. The highest BCUT2D eigenvalue weighted by molar-refractivity contribution is 6.32. The average molecular weight is 511 g/mol. The van der Waals surface area contributed by atoms with Gasteiger partial charge in [0.2, 0.25) is 0 Å². The third kappa shape index (κ3) is 6.20. The summed E-state index contributed by atoms with van der Waals surface area (Å²) in [6, 6.07) is 4.19. The molecule has 0 radical (unpaired) electrons. The zero-order valence-corrected chi connectivity index (χ0v) is 22.2. The fraction of sp³-hybridized carbons (Fsp3) is 0.517. The van der Waals surface area contributed by atoms with E-state index in [0.717, 1.165) is 61.1 Å². The van der Waals surface area contributed by atoms with Gasteiger partial charge in [-0.3, -0.25) is 14.5 Å². The smallest absolute Gasteiger partial charge is 0.256 e. The van der Waals surface area contributed by atoms with Crippen molar-refractivity contribution >= 4 is 23.1 Å². The summed E-state index contributed by atoms with van der Waals surface area (Å²) < 4.78 is 19.5. The van der Waals surface area contributed by atoms with Crippen LogP contribution in [0.1, 0.15) is 58.4 Å². The standard InChI is InChI=1S/C29H39FN4O3/c1-4-6-18(2)26(28(35)32-16-21(31)17-34-11-13-37-14-12-34)22-7-5-8-23(19(22)3)27-24-15-20(30)9-10-25(24)33-29(27)36/h9-10,15,21H,4-8,11-14,16-17,31H2,1-3H3,(H,32,35)(H,33,36)/b26-18+,27-23-. The van der Waals surface area contributed by atoms with Gasteiger partial charge >= 0.3 is 0 Å². The normalized spacial score (nSPS) is 21.9. The van der Waals surface area contributed by atoms with Crippen molar-refractivity contribution < 1.29 is 18.7 Å². The quantitative estimate of drug-likeness (QED) is 0.461. The van der Waals surface area contributed by atoms with Crippen LogP contribution in [0.4, 0.5) is 10.1 Å². The van der Waals surface area contributed by atoms with Crippen molar-refractivity contribution in [1.82, 2.24) is 10.2 Å². The first-order valence-corrected chi connectivity index (χ1v) is 13.4. The SMILES string of the molecule is CCC/C(C)=C(/C(=O)NCC(N)CN1CCOCC1)C1=C(C)/C(=C2\C(=O)Nc3ccc(F)cc32)CCC1. The minimum Gasteiger partial charge on any atom is -0.379 e. The van der Waals surface area contributed by atoms with Crippen molar-refractivity contribution in [3.63, 3.8) is 0 Å². The molecule has 0 aromatic heterocycles. The van der Waals surface area contributed by atoms with Crippen molar-refractivity contribution in [2.45, 2.75) is 58.9 Å². The Balaban J connectivity index is 1.62. The van der Waals surface area contributed by atoms with Gasteiger partial charge in [-0.1, -0.05) is 18.9 Å². The van der Waals surface area contributed by atoms with E-state index in [2.05, 4.69) is 22.5 Å². The lowest BCUT2D eigenvalue weighted by atomic mass is 9.79. The number of nitrogens with one attached hydrogen (secondary N) is 2. The lowest BCUT2D eigenvalue weighted by Crippen LogP contribution is -2.48. The molecule has 1 aliphatic carbocycles. The highest BCUT2D eigenvalue weighted by Crippen LogP contribution is 2.43. The molecule has 200 valence electrons. The minimum atomic E-state index is -0.377. The van der Waals surface area contributed by atoms with Crippen LogP contribution in [0.15, 0.2) is 46.1 Å². The number of allylic oxidation sites excluding steroid dienone is 3. The Labute approximate surface area is 219 Å². The predicted molar refractivity (Wildman–Crippen MR) is 144 cm³/mol. The van der Waals surface area contributed by atoms with Gasteiger partial charge in [0, 0.05) is 49.0 Å². The van der Waals surface area contributed by atoms with Crippen LogP contribution in [0, 0.1) is 5.82 Å². The van der Waals surface area contributed by atoms with E-state index in [9.17, 15) is 14.0 Å². The molecule has 1 atom stereocenters. The van der Waals surface area contributed by atoms with Crippen molar-refractivity contribution in [3.8, 4) is 0 Å². The van der Waals surface area contributed by atoms with Crippen molar-refractivity contribution in [2.75, 3.05) is 44.7 Å². The molecule has 2 heterocycles. The largest absolute Gasteiger partial charge is 0.379 e. The maximum atomic E-state index is 14.1. The first-order chi connectivity index (χ1) is 17.8. The molecule has 37 heavy (non-hydrogen) atoms. The molecule has 0 spiro atoms. The van der Waals surface area contributed by atoms with E-state index in [-0.39, 0.29) is 23.7 Å². The molecule has 7 nitrogen and oxygen atoms in total. The maximum Gasteiger partial charge on any atom is 0.256 e. The second-order valence-electron chi connectivity index (χ2n) is 10.2. The maximum absolute atomic E-state index is 14.1. The van der Waals surface area contributed by atoms with Gasteiger partial charge in [-0.05, 0) is 74.4 Å². The number of carbonyl (C=O) groups excluding carboxylic acids is 2. The van der Waals surface area contributed by atoms with Gasteiger partial charge in [0.15, 0.2) is 0 Å². The van der Waals surface area contributed by atoms with E-state index in [4.69, 9.17) is 10.5 Å². The number of rotatable bonds is 8. The van der Waals surface area contributed by atoms with Gasteiger partial charge in [-0.15, -0.1) is 0 Å². The Morgan fingerprint density at radius 2 is 2.03 bits per heavy atom. The monoisotopic (exact) mass is 510 g/mol. The molecule has 8 heteroatoms. The fourth-order valence-corrected chi connectivity index (χ4v) is 5.64. The fourth-order valence-electron chi connectivity index (χ4n) is 5.64. The highest BCUT2D eigenvalue weighted by Gasteiger charge is 2.32. The highest BCUT2D eigenvalue weighted by atomic mass is 19.1. The number of carbonyl (C=O) groups is 2. The summed E-state index contributed by atoms with van der Waals surface area (Å²) in [6.07, 6.45) is 4.01. The lowest BCUT2D eigenvalue weighted by Gasteiger charge is -2.29. The molecule has 4 N–H and O–H groups in total. The topological polar surface area (TPSA) is 96.7 Å². The molecule has 1 aromatic carbocycles. The second-order valence-corrected chi connectivity index (χ2v) is 10.2. The van der Waals surface area contributed by atoms with E-state index < -0.39 is 0 Å². The minimum absolute atomic E-state index is 0.119. The van der Waals surface area contributed by atoms with E-state index in [1.54, 1.807) is 6.07 Å². The number of halogens is 1. The van der Waals surface area contributed by atoms with Crippen LogP contribution in [-0.4, -0.2) is 62.1 Å². The number of anilines is 1. The van der Waals surface area contributed by atoms with E-state index >= 15 is 0 Å². The summed E-state index contributed by atoms with van der Waals surface area (Å²) in [5.74, 6) is -0.713. The first kappa shape index (κ1) is 27.2. The van der Waals surface area contributed by atoms with Gasteiger partial charge in [-0.25, -0.2) is 4.39 Å². The van der Waals surface area contributed by atoms with E-state index in [1.165, 1.54) is 12.1 Å². The summed E-state index contributed by atoms with van der Waals surface area (Å²) in [5.41, 5.74) is 12.6. The zero-order chi connectivity index (χ0) is 26.5. The molecule has 2 amide bonds. The van der Waals surface area contributed by atoms with Gasteiger partial charge in [0.25, 0.3) is 11.8 Å². The third-order valence-electron chi connectivity index (χ3n) is 7.49. The summed E-state index contributed by atoms with van der Waals surface area (Å²) in [6.45, 7) is 10.3. The number of amides is 2. The molecule has 1 aromatic rings. The average Bonchev–Trinajstić information content (AvgIpc) is 3.19. The Morgan fingerprint density at radius 1 is 1.27 bits per heavy atom. The Hall–Kier alpha value is -2.81. The molecule has 1 fully saturated rings.